The van der Waals surface area contributed by atoms with E-state index in [1.54, 1.807) is 11.8 Å². The molecule has 0 saturated heterocycles. The maximum Gasteiger partial charge on any atom is 0.0854 e. The second-order valence-corrected chi connectivity index (χ2v) is 4.06. The first-order chi connectivity index (χ1) is 6.97. The molecule has 4 nitrogen and oxygen atoms in total. The Balaban J connectivity index is 2.80. The van der Waals surface area contributed by atoms with Gasteiger partial charge in [0.1, 0.15) is 0 Å². The standard InChI is InChI=1S/C10H17ClN2O2/c1-6-10(11)8(13(3)12-6)5-9(14)7(2)15-4/h7,9,14H,5H2,1-4H3. The van der Waals surface area contributed by atoms with Gasteiger partial charge in [0, 0.05) is 20.6 Å². The number of aliphatic hydroxyl groups is 1. The molecular formula is C10H17ClN2O2. The molecule has 0 aromatic carbocycles. The van der Waals surface area contributed by atoms with Crippen molar-refractivity contribution in [3.05, 3.63) is 16.4 Å². The van der Waals surface area contributed by atoms with E-state index in [0.29, 0.717) is 11.4 Å². The number of hydrogen-bond donors (Lipinski definition) is 1. The van der Waals surface area contributed by atoms with Gasteiger partial charge in [-0.05, 0) is 13.8 Å². The molecule has 1 rings (SSSR count). The van der Waals surface area contributed by atoms with Crippen molar-refractivity contribution < 1.29 is 9.84 Å². The molecule has 0 fully saturated rings. The van der Waals surface area contributed by atoms with E-state index >= 15 is 0 Å². The molecule has 0 spiro atoms. The molecule has 0 aliphatic rings. The molecular weight excluding hydrogens is 216 g/mol. The number of nitrogens with zero attached hydrogens (tertiary/aromatic N) is 2. The Morgan fingerprint density at radius 2 is 2.20 bits per heavy atom. The second-order valence-electron chi connectivity index (χ2n) is 3.68. The van der Waals surface area contributed by atoms with Crippen molar-refractivity contribution in [2.75, 3.05) is 7.11 Å². The number of ether oxygens (including phenoxy) is 1. The van der Waals surface area contributed by atoms with Crippen LogP contribution < -0.4 is 0 Å². The van der Waals surface area contributed by atoms with Crippen molar-refractivity contribution in [2.24, 2.45) is 7.05 Å². The Morgan fingerprint density at radius 1 is 1.60 bits per heavy atom. The van der Waals surface area contributed by atoms with E-state index in [-0.39, 0.29) is 6.10 Å². The van der Waals surface area contributed by atoms with Gasteiger partial charge in [0.05, 0.1) is 28.6 Å². The minimum atomic E-state index is -0.567. The molecule has 0 saturated carbocycles. The quantitative estimate of drug-likeness (QED) is 0.852. The Bertz CT molecular complexity index is 338. The summed E-state index contributed by atoms with van der Waals surface area (Å²) in [5, 5.41) is 14.6. The molecule has 0 amide bonds. The average molecular weight is 233 g/mol. The van der Waals surface area contributed by atoms with Gasteiger partial charge in [-0.25, -0.2) is 0 Å². The number of rotatable bonds is 4. The molecule has 2 atom stereocenters. The zero-order valence-corrected chi connectivity index (χ0v) is 10.2. The Labute approximate surface area is 94.8 Å². The van der Waals surface area contributed by atoms with E-state index in [0.717, 1.165) is 11.4 Å². The summed E-state index contributed by atoms with van der Waals surface area (Å²) < 4.78 is 6.75. The van der Waals surface area contributed by atoms with Crippen molar-refractivity contribution in [1.82, 2.24) is 9.78 Å². The van der Waals surface area contributed by atoms with Gasteiger partial charge >= 0.3 is 0 Å². The molecule has 86 valence electrons. The number of halogens is 1. The fraction of sp³-hybridized carbons (Fsp3) is 0.700. The average Bonchev–Trinajstić information content (AvgIpc) is 2.43. The number of aliphatic hydroxyl groups excluding tert-OH is 1. The lowest BCUT2D eigenvalue weighted by atomic mass is 10.1. The zero-order valence-electron chi connectivity index (χ0n) is 9.49. The first kappa shape index (κ1) is 12.5. The molecule has 15 heavy (non-hydrogen) atoms. The van der Waals surface area contributed by atoms with E-state index in [1.165, 1.54) is 0 Å². The van der Waals surface area contributed by atoms with Crippen LogP contribution in [0.4, 0.5) is 0 Å². The molecule has 1 N–H and O–H groups in total. The monoisotopic (exact) mass is 232 g/mol. The lowest BCUT2D eigenvalue weighted by Gasteiger charge is -2.17. The first-order valence-corrected chi connectivity index (χ1v) is 5.24. The van der Waals surface area contributed by atoms with Gasteiger partial charge in [-0.1, -0.05) is 11.6 Å². The summed E-state index contributed by atoms with van der Waals surface area (Å²) in [5.74, 6) is 0. The molecule has 5 heteroatoms. The molecule has 0 bridgehead atoms. The topological polar surface area (TPSA) is 47.3 Å². The minimum Gasteiger partial charge on any atom is -0.390 e. The van der Waals surface area contributed by atoms with Gasteiger partial charge in [-0.15, -0.1) is 0 Å². The predicted octanol–water partition coefficient (Wildman–Crippen LogP) is 1.32. The van der Waals surface area contributed by atoms with E-state index in [2.05, 4.69) is 5.10 Å². The normalized spacial score (nSPS) is 15.3. The molecule has 1 heterocycles. The molecule has 2 unspecified atom stereocenters. The van der Waals surface area contributed by atoms with Crippen molar-refractivity contribution >= 4 is 11.6 Å². The van der Waals surface area contributed by atoms with Gasteiger partial charge in [-0.3, -0.25) is 4.68 Å². The van der Waals surface area contributed by atoms with Crippen molar-refractivity contribution in [1.29, 1.82) is 0 Å². The second kappa shape index (κ2) is 4.96. The van der Waals surface area contributed by atoms with Crippen LogP contribution in [-0.2, 0) is 18.2 Å². The van der Waals surface area contributed by atoms with Crippen LogP contribution in [-0.4, -0.2) is 34.2 Å². The lowest BCUT2D eigenvalue weighted by Crippen LogP contribution is -2.27. The summed E-state index contributed by atoms with van der Waals surface area (Å²) in [7, 11) is 3.39. The smallest absolute Gasteiger partial charge is 0.0854 e. The lowest BCUT2D eigenvalue weighted by molar-refractivity contribution is -0.000423. The number of aryl methyl sites for hydroxylation is 2. The fourth-order valence-electron chi connectivity index (χ4n) is 1.42. The molecule has 0 aliphatic heterocycles. The highest BCUT2D eigenvalue weighted by atomic mass is 35.5. The van der Waals surface area contributed by atoms with Gasteiger partial charge in [0.25, 0.3) is 0 Å². The summed E-state index contributed by atoms with van der Waals surface area (Å²) in [6.07, 6.45) is -0.330. The summed E-state index contributed by atoms with van der Waals surface area (Å²) >= 11 is 6.07. The largest absolute Gasteiger partial charge is 0.390 e. The highest BCUT2D eigenvalue weighted by Crippen LogP contribution is 2.21. The van der Waals surface area contributed by atoms with Crippen molar-refractivity contribution in [2.45, 2.75) is 32.5 Å². The van der Waals surface area contributed by atoms with Gasteiger partial charge in [0.2, 0.25) is 0 Å². The molecule has 1 aromatic rings. The summed E-state index contributed by atoms with van der Waals surface area (Å²) in [5.41, 5.74) is 1.62. The highest BCUT2D eigenvalue weighted by molar-refractivity contribution is 6.31. The van der Waals surface area contributed by atoms with Crippen LogP contribution in [0, 0.1) is 6.92 Å². The van der Waals surface area contributed by atoms with Gasteiger partial charge in [-0.2, -0.15) is 5.10 Å². The van der Waals surface area contributed by atoms with Crippen molar-refractivity contribution in [3.8, 4) is 0 Å². The van der Waals surface area contributed by atoms with Gasteiger partial charge < -0.3 is 9.84 Å². The third-order valence-electron chi connectivity index (χ3n) is 2.58. The number of methoxy groups -OCH3 is 1. The Morgan fingerprint density at radius 3 is 2.60 bits per heavy atom. The van der Waals surface area contributed by atoms with Crippen LogP contribution >= 0.6 is 11.6 Å². The molecule has 0 aliphatic carbocycles. The number of aromatic nitrogens is 2. The van der Waals surface area contributed by atoms with Crippen LogP contribution in [0.25, 0.3) is 0 Å². The molecule has 1 aromatic heterocycles. The predicted molar refractivity (Wildman–Crippen MR) is 59.1 cm³/mol. The third kappa shape index (κ3) is 2.71. The minimum absolute atomic E-state index is 0.212. The van der Waals surface area contributed by atoms with Crippen molar-refractivity contribution in [3.63, 3.8) is 0 Å². The zero-order chi connectivity index (χ0) is 11.6. The van der Waals surface area contributed by atoms with Crippen LogP contribution in [0.1, 0.15) is 18.3 Å². The third-order valence-corrected chi connectivity index (χ3v) is 3.07. The van der Waals surface area contributed by atoms with Crippen LogP contribution in [0.15, 0.2) is 0 Å². The summed E-state index contributed by atoms with van der Waals surface area (Å²) in [6.45, 7) is 3.67. The van der Waals surface area contributed by atoms with Crippen LogP contribution in [0.5, 0.6) is 0 Å². The van der Waals surface area contributed by atoms with E-state index in [1.807, 2.05) is 20.9 Å². The highest BCUT2D eigenvalue weighted by Gasteiger charge is 2.19. The maximum absolute atomic E-state index is 9.80. The van der Waals surface area contributed by atoms with E-state index in [4.69, 9.17) is 16.3 Å². The Kier molecular flexibility index (Phi) is 4.13. The first-order valence-electron chi connectivity index (χ1n) is 4.86. The Hall–Kier alpha value is -0.580. The maximum atomic E-state index is 9.80. The fourth-order valence-corrected chi connectivity index (χ4v) is 1.66. The van der Waals surface area contributed by atoms with Crippen LogP contribution in [0.3, 0.4) is 0 Å². The van der Waals surface area contributed by atoms with Gasteiger partial charge in [0.15, 0.2) is 0 Å². The summed E-state index contributed by atoms with van der Waals surface area (Å²) in [6, 6.07) is 0. The molecule has 0 radical (unpaired) electrons. The van der Waals surface area contributed by atoms with E-state index < -0.39 is 6.10 Å². The number of hydrogen-bond acceptors (Lipinski definition) is 3. The SMILES string of the molecule is COC(C)C(O)Cc1c(Cl)c(C)nn1C. The summed E-state index contributed by atoms with van der Waals surface area (Å²) in [4.78, 5) is 0. The van der Waals surface area contributed by atoms with E-state index in [9.17, 15) is 5.11 Å². The van der Waals surface area contributed by atoms with Crippen LogP contribution in [0.2, 0.25) is 5.02 Å².